The van der Waals surface area contributed by atoms with Gasteiger partial charge in [-0.15, -0.1) is 0 Å². The molecule has 1 amide bonds. The molecule has 3 rings (SSSR count). The molecule has 0 saturated carbocycles. The van der Waals surface area contributed by atoms with Gasteiger partial charge in [-0.1, -0.05) is 60.7 Å². The summed E-state index contributed by atoms with van der Waals surface area (Å²) in [6.07, 6.45) is 0.633. The molecule has 2 aromatic rings. The van der Waals surface area contributed by atoms with Gasteiger partial charge in [0.05, 0.1) is 19.1 Å². The monoisotopic (exact) mass is 424 g/mol. The number of carbonyl (C=O) groups excluding carboxylic acids is 3. The van der Waals surface area contributed by atoms with E-state index in [4.69, 9.17) is 9.47 Å². The first-order valence-corrected chi connectivity index (χ1v) is 10.5. The predicted molar refractivity (Wildman–Crippen MR) is 115 cm³/mol. The number of carbonyl (C=O) groups is 3. The Bertz CT molecular complexity index is 872. The summed E-state index contributed by atoms with van der Waals surface area (Å²) in [7, 11) is 0. The molecule has 1 aliphatic rings. The van der Waals surface area contributed by atoms with Crippen LogP contribution >= 0.6 is 0 Å². The van der Waals surface area contributed by atoms with Crippen molar-refractivity contribution in [1.29, 1.82) is 0 Å². The van der Waals surface area contributed by atoms with Gasteiger partial charge in [-0.05, 0) is 24.5 Å². The van der Waals surface area contributed by atoms with E-state index in [0.29, 0.717) is 6.42 Å². The molecule has 0 spiro atoms. The Labute approximate surface area is 182 Å². The van der Waals surface area contributed by atoms with E-state index in [1.54, 1.807) is 6.92 Å². The quantitative estimate of drug-likeness (QED) is 0.568. The van der Waals surface area contributed by atoms with Crippen LogP contribution in [0, 0.1) is 0 Å². The standard InChI is InChI=1S/C24H28N2O5/c1-2-30-24(29)21(13-17-9-5-3-6-10-17)25-19-14-22(27)26-20(19)15-23(28)31-16-18-11-7-4-8-12-18/h3-12,19-21,25H,2,13-16H2,1H3,(H,26,27)/t19?,20?,21-/m0/s1. The molecule has 31 heavy (non-hydrogen) atoms. The van der Waals surface area contributed by atoms with Crippen LogP contribution in [0.1, 0.15) is 30.9 Å². The van der Waals surface area contributed by atoms with Crippen molar-refractivity contribution in [1.82, 2.24) is 10.6 Å². The van der Waals surface area contributed by atoms with Crippen molar-refractivity contribution >= 4 is 17.8 Å². The highest BCUT2D eigenvalue weighted by atomic mass is 16.5. The molecule has 2 N–H and O–H groups in total. The van der Waals surface area contributed by atoms with Crippen LogP contribution in [-0.2, 0) is 36.9 Å². The van der Waals surface area contributed by atoms with Gasteiger partial charge in [-0.25, -0.2) is 0 Å². The molecule has 0 bridgehead atoms. The molecule has 3 atom stereocenters. The van der Waals surface area contributed by atoms with Crippen LogP contribution in [0.3, 0.4) is 0 Å². The average molecular weight is 424 g/mol. The first kappa shape index (κ1) is 22.5. The molecule has 1 fully saturated rings. The topological polar surface area (TPSA) is 93.7 Å². The molecule has 0 aromatic heterocycles. The number of rotatable bonds is 10. The zero-order valence-electron chi connectivity index (χ0n) is 17.6. The molecule has 7 heteroatoms. The van der Waals surface area contributed by atoms with Gasteiger partial charge in [-0.2, -0.15) is 0 Å². The van der Waals surface area contributed by atoms with Crippen LogP contribution < -0.4 is 10.6 Å². The summed E-state index contributed by atoms with van der Waals surface area (Å²) in [5.41, 5.74) is 1.87. The van der Waals surface area contributed by atoms with Gasteiger partial charge in [0.1, 0.15) is 12.6 Å². The van der Waals surface area contributed by atoms with Crippen LogP contribution in [0.4, 0.5) is 0 Å². The van der Waals surface area contributed by atoms with Gasteiger partial charge < -0.3 is 14.8 Å². The van der Waals surface area contributed by atoms with E-state index < -0.39 is 18.1 Å². The molecule has 2 unspecified atom stereocenters. The van der Waals surface area contributed by atoms with Gasteiger partial charge >= 0.3 is 11.9 Å². The number of hydrogen-bond donors (Lipinski definition) is 2. The molecular formula is C24H28N2O5. The highest BCUT2D eigenvalue weighted by Crippen LogP contribution is 2.16. The second-order valence-corrected chi connectivity index (χ2v) is 7.50. The van der Waals surface area contributed by atoms with E-state index in [1.165, 1.54) is 0 Å². The van der Waals surface area contributed by atoms with Gasteiger partial charge in [-0.3, -0.25) is 19.7 Å². The summed E-state index contributed by atoms with van der Waals surface area (Å²) in [5, 5.41) is 6.06. The fourth-order valence-electron chi connectivity index (χ4n) is 3.61. The lowest BCUT2D eigenvalue weighted by Gasteiger charge is -2.25. The minimum absolute atomic E-state index is 0.0249. The Hall–Kier alpha value is -3.19. The second-order valence-electron chi connectivity index (χ2n) is 7.50. The molecule has 1 aliphatic heterocycles. The highest BCUT2D eigenvalue weighted by molar-refractivity contribution is 5.82. The second kappa shape index (κ2) is 11.3. The summed E-state index contributed by atoms with van der Waals surface area (Å²) in [5.74, 6) is -0.949. The van der Waals surface area contributed by atoms with Crippen molar-refractivity contribution in [3.8, 4) is 0 Å². The van der Waals surface area contributed by atoms with Gasteiger partial charge in [0.2, 0.25) is 5.91 Å². The normalized spacial score (nSPS) is 18.8. The van der Waals surface area contributed by atoms with Crippen LogP contribution in [0.15, 0.2) is 60.7 Å². The Balaban J connectivity index is 1.61. The van der Waals surface area contributed by atoms with Crippen molar-refractivity contribution in [2.24, 2.45) is 0 Å². The van der Waals surface area contributed by atoms with Crippen LogP contribution in [0.25, 0.3) is 0 Å². The van der Waals surface area contributed by atoms with E-state index in [0.717, 1.165) is 11.1 Å². The van der Waals surface area contributed by atoms with Gasteiger partial charge in [0.15, 0.2) is 0 Å². The van der Waals surface area contributed by atoms with Crippen LogP contribution in [0.2, 0.25) is 0 Å². The van der Waals surface area contributed by atoms with E-state index >= 15 is 0 Å². The zero-order valence-corrected chi connectivity index (χ0v) is 17.6. The van der Waals surface area contributed by atoms with Crippen molar-refractivity contribution < 1.29 is 23.9 Å². The summed E-state index contributed by atoms with van der Waals surface area (Å²) in [6, 6.07) is 17.5. The Kier molecular flexibility index (Phi) is 8.18. The van der Waals surface area contributed by atoms with Gasteiger partial charge in [0, 0.05) is 12.5 Å². The fourth-order valence-corrected chi connectivity index (χ4v) is 3.61. The molecule has 1 heterocycles. The summed E-state index contributed by atoms with van der Waals surface area (Å²) >= 11 is 0. The molecule has 1 saturated heterocycles. The van der Waals surface area contributed by atoms with Crippen LogP contribution in [-0.4, -0.2) is 42.6 Å². The van der Waals surface area contributed by atoms with E-state index in [1.807, 2.05) is 60.7 Å². The lowest BCUT2D eigenvalue weighted by atomic mass is 10.0. The van der Waals surface area contributed by atoms with Crippen LogP contribution in [0.5, 0.6) is 0 Å². The summed E-state index contributed by atoms with van der Waals surface area (Å²) < 4.78 is 10.6. The maximum absolute atomic E-state index is 12.5. The third-order valence-corrected chi connectivity index (χ3v) is 5.14. The minimum Gasteiger partial charge on any atom is -0.465 e. The molecule has 164 valence electrons. The maximum Gasteiger partial charge on any atom is 0.323 e. The van der Waals surface area contributed by atoms with E-state index in [2.05, 4.69) is 10.6 Å². The Morgan fingerprint density at radius 1 is 1.03 bits per heavy atom. The summed E-state index contributed by atoms with van der Waals surface area (Å²) in [4.78, 5) is 36.9. The smallest absolute Gasteiger partial charge is 0.323 e. The molecule has 0 radical (unpaired) electrons. The first-order valence-electron chi connectivity index (χ1n) is 10.5. The van der Waals surface area contributed by atoms with Crippen molar-refractivity contribution in [2.75, 3.05) is 6.61 Å². The molecule has 2 aromatic carbocycles. The number of esters is 2. The van der Waals surface area contributed by atoms with Gasteiger partial charge in [0.25, 0.3) is 0 Å². The Morgan fingerprint density at radius 2 is 1.68 bits per heavy atom. The number of ether oxygens (including phenoxy) is 2. The van der Waals surface area contributed by atoms with Crippen molar-refractivity contribution in [3.05, 3.63) is 71.8 Å². The minimum atomic E-state index is -0.622. The third-order valence-electron chi connectivity index (χ3n) is 5.14. The lowest BCUT2D eigenvalue weighted by Crippen LogP contribution is -2.50. The predicted octanol–water partition coefficient (Wildman–Crippen LogP) is 2.14. The van der Waals surface area contributed by atoms with Crippen molar-refractivity contribution in [2.45, 2.75) is 50.9 Å². The average Bonchev–Trinajstić information content (AvgIpc) is 3.12. The number of benzene rings is 2. The highest BCUT2D eigenvalue weighted by Gasteiger charge is 2.37. The number of amides is 1. The lowest BCUT2D eigenvalue weighted by molar-refractivity contribution is -0.146. The largest absolute Gasteiger partial charge is 0.465 e. The Morgan fingerprint density at radius 3 is 2.32 bits per heavy atom. The maximum atomic E-state index is 12.5. The fraction of sp³-hybridized carbons (Fsp3) is 0.375. The zero-order chi connectivity index (χ0) is 22.1. The SMILES string of the molecule is CCOC(=O)[C@H](Cc1ccccc1)NC1CC(=O)NC1CC(=O)OCc1ccccc1. The molecule has 7 nitrogen and oxygen atoms in total. The number of nitrogens with one attached hydrogen (secondary N) is 2. The molecule has 0 aliphatic carbocycles. The van der Waals surface area contributed by atoms with Crippen molar-refractivity contribution in [3.63, 3.8) is 0 Å². The third kappa shape index (κ3) is 6.93. The van der Waals surface area contributed by atoms with E-state index in [-0.39, 0.29) is 44.0 Å². The summed E-state index contributed by atoms with van der Waals surface area (Å²) in [6.45, 7) is 2.20. The number of hydrogen-bond acceptors (Lipinski definition) is 6. The first-order chi connectivity index (χ1) is 15.0. The molecular weight excluding hydrogens is 396 g/mol. The van der Waals surface area contributed by atoms with E-state index in [9.17, 15) is 14.4 Å².